The van der Waals surface area contributed by atoms with Crippen LogP contribution in [0.5, 0.6) is 0 Å². The maximum Gasteiger partial charge on any atom is 0.233 e. The van der Waals surface area contributed by atoms with Crippen molar-refractivity contribution < 1.29 is 14.4 Å². The number of rotatable bonds is 4. The highest BCUT2D eigenvalue weighted by Gasteiger charge is 2.46. The summed E-state index contributed by atoms with van der Waals surface area (Å²) in [6.45, 7) is 6.56. The molecule has 1 N–H and O–H groups in total. The van der Waals surface area contributed by atoms with Crippen LogP contribution in [0, 0.1) is 11.8 Å². The van der Waals surface area contributed by atoms with E-state index in [1.54, 1.807) is 0 Å². The van der Waals surface area contributed by atoms with Crippen LogP contribution in [0.25, 0.3) is 0 Å². The standard InChI is InChI=1S/C21H26N2O3/c1-21(2,3)14-8-10-15(11-9-14)22-18(24)12-13-23-19(25)16-6-4-5-7-17(16)20(23)26/h4-5,8-11,16-17H,6-7,12-13H2,1-3H3,(H,22,24)/t16-,17+. The van der Waals surface area contributed by atoms with Crippen molar-refractivity contribution in [1.82, 2.24) is 4.90 Å². The molecule has 0 spiro atoms. The highest BCUT2D eigenvalue weighted by Crippen LogP contribution is 2.35. The van der Waals surface area contributed by atoms with Gasteiger partial charge in [-0.1, -0.05) is 45.1 Å². The Labute approximate surface area is 154 Å². The van der Waals surface area contributed by atoms with Crippen molar-refractivity contribution in [2.75, 3.05) is 11.9 Å². The Morgan fingerprint density at radius 1 is 1.04 bits per heavy atom. The van der Waals surface area contributed by atoms with E-state index in [9.17, 15) is 14.4 Å². The van der Waals surface area contributed by atoms with E-state index >= 15 is 0 Å². The summed E-state index contributed by atoms with van der Waals surface area (Å²) < 4.78 is 0. The van der Waals surface area contributed by atoms with Gasteiger partial charge in [-0.25, -0.2) is 0 Å². The van der Waals surface area contributed by atoms with Crippen LogP contribution in [0.1, 0.15) is 45.6 Å². The van der Waals surface area contributed by atoms with Crippen molar-refractivity contribution in [3.05, 3.63) is 42.0 Å². The molecule has 1 aromatic rings. The Hall–Kier alpha value is -2.43. The van der Waals surface area contributed by atoms with Gasteiger partial charge in [0.2, 0.25) is 17.7 Å². The predicted molar refractivity (Wildman–Crippen MR) is 100 cm³/mol. The Balaban J connectivity index is 1.54. The second-order valence-corrected chi connectivity index (χ2v) is 8.11. The van der Waals surface area contributed by atoms with E-state index < -0.39 is 0 Å². The fourth-order valence-electron chi connectivity index (χ4n) is 3.58. The Morgan fingerprint density at radius 2 is 1.58 bits per heavy atom. The number of hydrogen-bond acceptors (Lipinski definition) is 3. The fraction of sp³-hybridized carbons (Fsp3) is 0.476. The van der Waals surface area contributed by atoms with Gasteiger partial charge in [-0.2, -0.15) is 0 Å². The van der Waals surface area contributed by atoms with Gasteiger partial charge in [0.25, 0.3) is 0 Å². The number of nitrogens with zero attached hydrogens (tertiary/aromatic N) is 1. The fourth-order valence-corrected chi connectivity index (χ4v) is 3.58. The Kier molecular flexibility index (Phi) is 4.99. The average molecular weight is 354 g/mol. The van der Waals surface area contributed by atoms with Gasteiger partial charge in [0, 0.05) is 18.7 Å². The molecule has 3 rings (SSSR count). The second-order valence-electron chi connectivity index (χ2n) is 8.11. The quantitative estimate of drug-likeness (QED) is 0.667. The number of imide groups is 1. The second kappa shape index (κ2) is 7.06. The number of amides is 3. The van der Waals surface area contributed by atoms with Gasteiger partial charge in [0.15, 0.2) is 0 Å². The lowest BCUT2D eigenvalue weighted by Gasteiger charge is -2.19. The van der Waals surface area contributed by atoms with Gasteiger partial charge in [-0.15, -0.1) is 0 Å². The molecule has 0 bridgehead atoms. The van der Waals surface area contributed by atoms with E-state index in [1.807, 2.05) is 36.4 Å². The molecule has 1 aliphatic carbocycles. The molecule has 138 valence electrons. The zero-order valence-corrected chi connectivity index (χ0v) is 15.6. The first-order valence-electron chi connectivity index (χ1n) is 9.18. The van der Waals surface area contributed by atoms with E-state index in [0.29, 0.717) is 12.8 Å². The molecule has 26 heavy (non-hydrogen) atoms. The SMILES string of the molecule is CC(C)(C)c1ccc(NC(=O)CCN2C(=O)[C@H]3CC=CC[C@H]3C2=O)cc1. The zero-order valence-electron chi connectivity index (χ0n) is 15.6. The van der Waals surface area contributed by atoms with Gasteiger partial charge in [0.05, 0.1) is 11.8 Å². The Morgan fingerprint density at radius 3 is 2.08 bits per heavy atom. The normalized spacial score (nSPS) is 22.5. The molecule has 1 fully saturated rings. The summed E-state index contributed by atoms with van der Waals surface area (Å²) in [6, 6.07) is 7.76. The average Bonchev–Trinajstić information content (AvgIpc) is 2.84. The van der Waals surface area contributed by atoms with E-state index in [2.05, 4.69) is 26.1 Å². The minimum atomic E-state index is -0.236. The predicted octanol–water partition coefficient (Wildman–Crippen LogP) is 3.26. The van der Waals surface area contributed by atoms with E-state index in [-0.39, 0.29) is 47.9 Å². The van der Waals surface area contributed by atoms with Crippen LogP contribution in [-0.2, 0) is 19.8 Å². The third kappa shape index (κ3) is 3.71. The molecule has 1 aromatic carbocycles. The van der Waals surface area contributed by atoms with Crippen molar-refractivity contribution in [2.24, 2.45) is 11.8 Å². The van der Waals surface area contributed by atoms with Gasteiger partial charge >= 0.3 is 0 Å². The number of carbonyl (C=O) groups is 3. The maximum absolute atomic E-state index is 12.4. The summed E-state index contributed by atoms with van der Waals surface area (Å²) in [5.41, 5.74) is 1.98. The molecule has 5 nitrogen and oxygen atoms in total. The van der Waals surface area contributed by atoms with Crippen LogP contribution < -0.4 is 5.32 Å². The lowest BCUT2D eigenvalue weighted by Crippen LogP contribution is -2.34. The molecule has 2 atom stereocenters. The monoisotopic (exact) mass is 354 g/mol. The summed E-state index contributed by atoms with van der Waals surface area (Å²) in [7, 11) is 0. The number of nitrogens with one attached hydrogen (secondary N) is 1. The van der Waals surface area contributed by atoms with Crippen LogP contribution in [0.3, 0.4) is 0 Å². The van der Waals surface area contributed by atoms with Crippen molar-refractivity contribution in [1.29, 1.82) is 0 Å². The highest BCUT2D eigenvalue weighted by molar-refractivity contribution is 6.05. The Bertz CT molecular complexity index is 718. The third-order valence-corrected chi connectivity index (χ3v) is 5.20. The van der Waals surface area contributed by atoms with Crippen molar-refractivity contribution in [3.63, 3.8) is 0 Å². The number of allylic oxidation sites excluding steroid dienone is 2. The molecular formula is C21H26N2O3. The van der Waals surface area contributed by atoms with E-state index in [1.165, 1.54) is 10.5 Å². The molecule has 5 heteroatoms. The number of carbonyl (C=O) groups excluding carboxylic acids is 3. The summed E-state index contributed by atoms with van der Waals surface area (Å²) in [5, 5.41) is 2.84. The van der Waals surface area contributed by atoms with Crippen LogP contribution in [0.4, 0.5) is 5.69 Å². The molecule has 0 radical (unpaired) electrons. The molecule has 2 aliphatic rings. The minimum Gasteiger partial charge on any atom is -0.326 e. The molecule has 0 aromatic heterocycles. The summed E-state index contributed by atoms with van der Waals surface area (Å²) in [4.78, 5) is 38.3. The molecular weight excluding hydrogens is 328 g/mol. The van der Waals surface area contributed by atoms with Crippen molar-refractivity contribution >= 4 is 23.4 Å². The van der Waals surface area contributed by atoms with E-state index in [0.717, 1.165) is 5.69 Å². The van der Waals surface area contributed by atoms with E-state index in [4.69, 9.17) is 0 Å². The first-order valence-corrected chi connectivity index (χ1v) is 9.18. The van der Waals surface area contributed by atoms with Crippen LogP contribution >= 0.6 is 0 Å². The molecule has 1 aliphatic heterocycles. The molecule has 0 saturated carbocycles. The smallest absolute Gasteiger partial charge is 0.233 e. The lowest BCUT2D eigenvalue weighted by molar-refractivity contribution is -0.140. The third-order valence-electron chi connectivity index (χ3n) is 5.20. The summed E-state index contributed by atoms with van der Waals surface area (Å²) >= 11 is 0. The summed E-state index contributed by atoms with van der Waals surface area (Å²) in [5.74, 6) is -0.929. The summed E-state index contributed by atoms with van der Waals surface area (Å²) in [6.07, 6.45) is 5.29. The molecule has 0 unspecified atom stereocenters. The highest BCUT2D eigenvalue weighted by atomic mass is 16.2. The van der Waals surface area contributed by atoms with Crippen LogP contribution in [0.2, 0.25) is 0 Å². The zero-order chi connectivity index (χ0) is 18.9. The first kappa shape index (κ1) is 18.4. The maximum atomic E-state index is 12.4. The minimum absolute atomic E-state index is 0.0602. The van der Waals surface area contributed by atoms with Crippen LogP contribution in [-0.4, -0.2) is 29.2 Å². The van der Waals surface area contributed by atoms with Crippen molar-refractivity contribution in [2.45, 2.75) is 45.4 Å². The van der Waals surface area contributed by atoms with Crippen LogP contribution in [0.15, 0.2) is 36.4 Å². The first-order chi connectivity index (χ1) is 12.3. The van der Waals surface area contributed by atoms with Gasteiger partial charge < -0.3 is 5.32 Å². The number of anilines is 1. The van der Waals surface area contributed by atoms with Crippen molar-refractivity contribution in [3.8, 4) is 0 Å². The van der Waals surface area contributed by atoms with Gasteiger partial charge in [-0.3, -0.25) is 19.3 Å². The van der Waals surface area contributed by atoms with Gasteiger partial charge in [-0.05, 0) is 36.0 Å². The molecule has 1 heterocycles. The lowest BCUT2D eigenvalue weighted by atomic mass is 9.85. The number of likely N-dealkylation sites (tertiary alicyclic amines) is 1. The molecule has 1 saturated heterocycles. The van der Waals surface area contributed by atoms with Gasteiger partial charge in [0.1, 0.15) is 0 Å². The largest absolute Gasteiger partial charge is 0.326 e. The number of hydrogen-bond donors (Lipinski definition) is 1. The topological polar surface area (TPSA) is 66.5 Å². The number of benzene rings is 1. The number of fused-ring (bicyclic) bond motifs is 1. The molecule has 3 amide bonds.